The van der Waals surface area contributed by atoms with E-state index in [1.807, 2.05) is 42.3 Å². The summed E-state index contributed by atoms with van der Waals surface area (Å²) in [6, 6.07) is 10.1. The van der Waals surface area contributed by atoms with Crippen LogP contribution >= 0.6 is 0 Å². The highest BCUT2D eigenvalue weighted by Crippen LogP contribution is 2.19. The zero-order valence-electron chi connectivity index (χ0n) is 33.1. The minimum absolute atomic E-state index is 0.0592. The van der Waals surface area contributed by atoms with Gasteiger partial charge in [-0.2, -0.15) is 0 Å². The van der Waals surface area contributed by atoms with Crippen molar-refractivity contribution >= 4 is 46.5 Å². The molecular formula is C41H52N12O6. The molecule has 1 aliphatic heterocycles. The number of imidazole rings is 1. The molecule has 2 aromatic carbocycles. The molecule has 11 N–H and O–H groups in total. The van der Waals surface area contributed by atoms with Gasteiger partial charge in [0.2, 0.25) is 23.6 Å². The average molecular weight is 809 g/mol. The number of fused-ring (bicyclic) bond motifs is 1. The minimum atomic E-state index is -1.23. The number of carbonyl (C=O) groups is 6. The van der Waals surface area contributed by atoms with Crippen molar-refractivity contribution in [3.63, 3.8) is 0 Å². The van der Waals surface area contributed by atoms with Gasteiger partial charge in [-0.15, -0.1) is 0 Å². The quantitative estimate of drug-likeness (QED) is 0.0805. The smallest absolute Gasteiger partial charge is 0.337 e. The summed E-state index contributed by atoms with van der Waals surface area (Å²) in [4.78, 5) is 92.8. The van der Waals surface area contributed by atoms with Gasteiger partial charge in [-0.25, -0.2) is 14.8 Å². The molecule has 0 saturated heterocycles. The summed E-state index contributed by atoms with van der Waals surface area (Å²) in [5.41, 5.74) is 17.3. The van der Waals surface area contributed by atoms with Crippen molar-refractivity contribution in [3.05, 3.63) is 90.1 Å². The molecule has 2 aromatic heterocycles. The summed E-state index contributed by atoms with van der Waals surface area (Å²) in [5.74, 6) is 2.52. The lowest BCUT2D eigenvalue weighted by molar-refractivity contribution is -0.133. The number of aromatic amines is 2. The van der Waals surface area contributed by atoms with Gasteiger partial charge in [-0.05, 0) is 57.0 Å². The van der Waals surface area contributed by atoms with Crippen LogP contribution in [0.1, 0.15) is 43.0 Å². The Balaban J connectivity index is 1.33. The van der Waals surface area contributed by atoms with E-state index in [0.717, 1.165) is 33.5 Å². The third-order valence-electron chi connectivity index (χ3n) is 9.86. The van der Waals surface area contributed by atoms with Gasteiger partial charge in [0.25, 0.3) is 5.91 Å². The number of aromatic nitrogens is 3. The molecule has 18 heteroatoms. The summed E-state index contributed by atoms with van der Waals surface area (Å²) in [6.07, 6.45) is 6.68. The molecule has 312 valence electrons. The lowest BCUT2D eigenvalue weighted by Gasteiger charge is -2.28. The number of hydrazine groups is 1. The van der Waals surface area contributed by atoms with Crippen LogP contribution in [-0.2, 0) is 43.2 Å². The summed E-state index contributed by atoms with van der Waals surface area (Å²) in [7, 11) is 1.87. The lowest BCUT2D eigenvalue weighted by atomic mass is 10.0. The van der Waals surface area contributed by atoms with Crippen molar-refractivity contribution in [3.8, 4) is 11.8 Å². The van der Waals surface area contributed by atoms with Crippen LogP contribution in [0.4, 0.5) is 4.79 Å². The first kappa shape index (κ1) is 43.4. The van der Waals surface area contributed by atoms with Crippen LogP contribution in [0.15, 0.2) is 73.3 Å². The Bertz CT molecular complexity index is 2130. The number of nitrogens with one attached hydrogen (secondary N) is 7. The molecule has 0 fully saturated rings. The second-order valence-electron chi connectivity index (χ2n) is 14.5. The first-order chi connectivity index (χ1) is 28.4. The van der Waals surface area contributed by atoms with E-state index in [1.54, 1.807) is 36.7 Å². The summed E-state index contributed by atoms with van der Waals surface area (Å²) >= 11 is 0. The summed E-state index contributed by atoms with van der Waals surface area (Å²) in [5, 5.41) is 12.5. The number of rotatable bonds is 13. The van der Waals surface area contributed by atoms with Gasteiger partial charge in [0.05, 0.1) is 18.9 Å². The monoisotopic (exact) mass is 808 g/mol. The van der Waals surface area contributed by atoms with Crippen molar-refractivity contribution < 1.29 is 28.8 Å². The van der Waals surface area contributed by atoms with Crippen molar-refractivity contribution in [2.45, 2.75) is 75.7 Å². The van der Waals surface area contributed by atoms with Crippen LogP contribution < -0.4 is 38.2 Å². The number of benzene rings is 2. The Labute approximate surface area is 342 Å². The molecule has 5 rings (SSSR count). The molecule has 18 nitrogen and oxygen atoms in total. The van der Waals surface area contributed by atoms with Crippen LogP contribution in [0.3, 0.4) is 0 Å². The van der Waals surface area contributed by atoms with E-state index in [1.165, 1.54) is 13.3 Å². The summed E-state index contributed by atoms with van der Waals surface area (Å²) in [6.45, 7) is 2.16. The molecule has 59 heavy (non-hydrogen) atoms. The fraction of sp³-hybridized carbons (Fsp3) is 0.390. The molecule has 1 aliphatic rings. The maximum Gasteiger partial charge on any atom is 0.337 e. The highest BCUT2D eigenvalue weighted by molar-refractivity contribution is 5.95. The third-order valence-corrected chi connectivity index (χ3v) is 9.86. The van der Waals surface area contributed by atoms with E-state index in [9.17, 15) is 28.8 Å². The van der Waals surface area contributed by atoms with E-state index in [2.05, 4.69) is 53.5 Å². The number of carbonyl (C=O) groups excluding carboxylic acids is 6. The van der Waals surface area contributed by atoms with Crippen LogP contribution in [0.5, 0.6) is 0 Å². The number of amides is 7. The fourth-order valence-electron chi connectivity index (χ4n) is 6.48. The number of para-hydroxylation sites is 1. The molecule has 7 amide bonds. The average Bonchev–Trinajstić information content (AvgIpc) is 3.89. The van der Waals surface area contributed by atoms with E-state index >= 15 is 0 Å². The molecule has 2 unspecified atom stereocenters. The molecule has 0 spiro atoms. The standard InChI is InChI=1S/C41H52N12O6/c1-26(47-39(57)35(21-28-23-45-32-15-7-6-14-30(28)32)49-38(56)31(42)22-29-24-44-25-46-29)37(55)51-53-19-11-10-18-52(2)17-9-8-16-33(36(43)54)48-40(58)34(50-41(53)59)20-27-12-4-3-5-13-27/h3-7,12-15,23-26,31,33-35,45H,8-9,16-22,42H2,1-2H3,(H2,43,54)(H,44,46)(H,47,57)(H,48,58)(H,49,56)(H,50,59)(H,51,55)/t26-,31-,33?,34?,35+/m0/s1. The number of hydrogen-bond donors (Lipinski definition) is 9. The second-order valence-corrected chi connectivity index (χ2v) is 14.5. The number of nitrogens with two attached hydrogens (primary N) is 2. The van der Waals surface area contributed by atoms with Gasteiger partial charge in [-0.3, -0.25) is 34.3 Å². The SMILES string of the molecule is C[C@H](NC(=O)[C@@H](Cc1c[nH]c2ccccc12)NC(=O)[C@@H](N)Cc1cnc[nH]1)C(=O)NN1CC#CCN(C)CCCCC(C(N)=O)NC(=O)C(Cc2ccccc2)NC1=O. The van der Waals surface area contributed by atoms with Gasteiger partial charge in [0.15, 0.2) is 0 Å². The molecule has 0 aliphatic carbocycles. The Morgan fingerprint density at radius 1 is 0.915 bits per heavy atom. The third kappa shape index (κ3) is 12.9. The Hall–Kier alpha value is -6.71. The maximum absolute atomic E-state index is 13.9. The normalized spacial score (nSPS) is 18.6. The van der Waals surface area contributed by atoms with Crippen LogP contribution in [0.2, 0.25) is 0 Å². The molecular weight excluding hydrogens is 757 g/mol. The van der Waals surface area contributed by atoms with E-state index in [-0.39, 0.29) is 25.8 Å². The predicted octanol–water partition coefficient (Wildman–Crippen LogP) is -0.264. The number of hydrogen-bond acceptors (Lipinski definition) is 9. The number of primary amides is 1. The van der Waals surface area contributed by atoms with Crippen molar-refractivity contribution in [2.24, 2.45) is 11.5 Å². The van der Waals surface area contributed by atoms with Crippen LogP contribution in [0, 0.1) is 11.8 Å². The highest BCUT2D eigenvalue weighted by Gasteiger charge is 2.31. The Kier molecular flexibility index (Phi) is 15.6. The van der Waals surface area contributed by atoms with Gasteiger partial charge in [-0.1, -0.05) is 60.4 Å². The fourth-order valence-corrected chi connectivity index (χ4v) is 6.48. The highest BCUT2D eigenvalue weighted by atomic mass is 16.2. The molecule has 0 saturated carbocycles. The number of urea groups is 1. The largest absolute Gasteiger partial charge is 0.368 e. The van der Waals surface area contributed by atoms with E-state index < -0.39 is 65.8 Å². The number of nitrogens with zero attached hydrogens (tertiary/aromatic N) is 3. The molecule has 4 aromatic rings. The topological polar surface area (TPSA) is 266 Å². The zero-order valence-corrected chi connectivity index (χ0v) is 33.1. The molecule has 0 radical (unpaired) electrons. The lowest BCUT2D eigenvalue weighted by Crippen LogP contribution is -2.61. The number of H-pyrrole nitrogens is 2. The van der Waals surface area contributed by atoms with Crippen LogP contribution in [-0.4, -0.2) is 117 Å². The first-order valence-electron chi connectivity index (χ1n) is 19.4. The first-order valence-corrected chi connectivity index (χ1v) is 19.4. The Morgan fingerprint density at radius 3 is 2.41 bits per heavy atom. The predicted molar refractivity (Wildman–Crippen MR) is 219 cm³/mol. The second kappa shape index (κ2) is 21.2. The van der Waals surface area contributed by atoms with Crippen molar-refractivity contribution in [1.82, 2.24) is 51.6 Å². The van der Waals surface area contributed by atoms with Crippen LogP contribution in [0.25, 0.3) is 10.9 Å². The maximum atomic E-state index is 13.9. The molecule has 0 bridgehead atoms. The minimum Gasteiger partial charge on any atom is -0.368 e. The molecule has 3 heterocycles. The van der Waals surface area contributed by atoms with E-state index in [0.29, 0.717) is 31.6 Å². The van der Waals surface area contributed by atoms with Gasteiger partial charge < -0.3 is 42.7 Å². The van der Waals surface area contributed by atoms with Crippen molar-refractivity contribution in [1.29, 1.82) is 0 Å². The van der Waals surface area contributed by atoms with Gasteiger partial charge in [0, 0.05) is 48.3 Å². The Morgan fingerprint density at radius 2 is 1.66 bits per heavy atom. The van der Waals surface area contributed by atoms with Gasteiger partial charge >= 0.3 is 6.03 Å². The van der Waals surface area contributed by atoms with Crippen molar-refractivity contribution in [2.75, 3.05) is 26.7 Å². The zero-order chi connectivity index (χ0) is 42.3. The molecule has 5 atom stereocenters. The van der Waals surface area contributed by atoms with E-state index in [4.69, 9.17) is 11.5 Å². The summed E-state index contributed by atoms with van der Waals surface area (Å²) < 4.78 is 0. The van der Waals surface area contributed by atoms with Gasteiger partial charge in [0.1, 0.15) is 30.7 Å².